The molecule has 1 aliphatic carbocycles. The standard InChI is InChI=1S/C14H15BrN4/c15-11-8-17-14(16)19-13(11)18-12-7-3-5-9-4-1-2-6-10(9)12/h1-2,4,6,8,12H,3,5,7H2,(H3,16,17,18,19). The molecule has 98 valence electrons. The largest absolute Gasteiger partial charge is 0.368 e. The van der Waals surface area contributed by atoms with Gasteiger partial charge in [0.2, 0.25) is 5.95 Å². The monoisotopic (exact) mass is 318 g/mol. The zero-order valence-electron chi connectivity index (χ0n) is 10.4. The molecule has 0 spiro atoms. The van der Waals surface area contributed by atoms with E-state index in [9.17, 15) is 0 Å². The van der Waals surface area contributed by atoms with Gasteiger partial charge in [0.05, 0.1) is 10.5 Å². The lowest BCUT2D eigenvalue weighted by atomic mass is 9.88. The van der Waals surface area contributed by atoms with E-state index in [-0.39, 0.29) is 12.0 Å². The van der Waals surface area contributed by atoms with Crippen LogP contribution < -0.4 is 11.1 Å². The van der Waals surface area contributed by atoms with E-state index in [1.165, 1.54) is 17.5 Å². The highest BCUT2D eigenvalue weighted by molar-refractivity contribution is 9.10. The van der Waals surface area contributed by atoms with Crippen LogP contribution in [-0.4, -0.2) is 9.97 Å². The molecular formula is C14H15BrN4. The molecule has 4 nitrogen and oxygen atoms in total. The Hall–Kier alpha value is -1.62. The summed E-state index contributed by atoms with van der Waals surface area (Å²) in [4.78, 5) is 8.20. The molecule has 0 radical (unpaired) electrons. The van der Waals surface area contributed by atoms with E-state index >= 15 is 0 Å². The minimum absolute atomic E-state index is 0.287. The summed E-state index contributed by atoms with van der Waals surface area (Å²) in [5.41, 5.74) is 8.42. The number of rotatable bonds is 2. The van der Waals surface area contributed by atoms with Gasteiger partial charge in [-0.2, -0.15) is 4.98 Å². The first-order valence-corrected chi connectivity index (χ1v) is 7.15. The average Bonchev–Trinajstić information content (AvgIpc) is 2.43. The number of nitrogens with zero attached hydrogens (tertiary/aromatic N) is 2. The predicted octanol–water partition coefficient (Wildman–Crippen LogP) is 3.31. The fourth-order valence-corrected chi connectivity index (χ4v) is 2.86. The van der Waals surface area contributed by atoms with E-state index in [0.29, 0.717) is 0 Å². The van der Waals surface area contributed by atoms with Gasteiger partial charge in [-0.1, -0.05) is 24.3 Å². The minimum Gasteiger partial charge on any atom is -0.368 e. The summed E-state index contributed by atoms with van der Waals surface area (Å²) >= 11 is 3.45. The maximum Gasteiger partial charge on any atom is 0.221 e. The van der Waals surface area contributed by atoms with E-state index in [2.05, 4.69) is 55.5 Å². The van der Waals surface area contributed by atoms with Crippen molar-refractivity contribution in [1.82, 2.24) is 9.97 Å². The van der Waals surface area contributed by atoms with E-state index in [1.54, 1.807) is 6.20 Å². The van der Waals surface area contributed by atoms with E-state index in [0.717, 1.165) is 23.1 Å². The molecule has 1 aromatic carbocycles. The number of fused-ring (bicyclic) bond motifs is 1. The van der Waals surface area contributed by atoms with E-state index in [1.807, 2.05) is 0 Å². The lowest BCUT2D eigenvalue weighted by molar-refractivity contribution is 0.598. The number of nitrogens with two attached hydrogens (primary N) is 1. The van der Waals surface area contributed by atoms with Crippen molar-refractivity contribution < 1.29 is 0 Å². The van der Waals surface area contributed by atoms with Gasteiger partial charge in [-0.05, 0) is 46.3 Å². The molecule has 1 unspecified atom stereocenters. The predicted molar refractivity (Wildman–Crippen MR) is 79.9 cm³/mol. The molecule has 0 saturated heterocycles. The number of benzene rings is 1. The zero-order valence-corrected chi connectivity index (χ0v) is 12.0. The summed E-state index contributed by atoms with van der Waals surface area (Å²) in [5.74, 6) is 1.05. The van der Waals surface area contributed by atoms with Gasteiger partial charge in [0.15, 0.2) is 0 Å². The molecule has 0 amide bonds. The second-order valence-corrected chi connectivity index (χ2v) is 5.57. The van der Waals surface area contributed by atoms with Crippen molar-refractivity contribution in [2.45, 2.75) is 25.3 Å². The second-order valence-electron chi connectivity index (χ2n) is 4.71. The highest BCUT2D eigenvalue weighted by Gasteiger charge is 2.20. The first kappa shape index (κ1) is 12.4. The smallest absolute Gasteiger partial charge is 0.221 e. The van der Waals surface area contributed by atoms with Crippen molar-refractivity contribution in [2.75, 3.05) is 11.1 Å². The van der Waals surface area contributed by atoms with Crippen molar-refractivity contribution in [3.63, 3.8) is 0 Å². The summed E-state index contributed by atoms with van der Waals surface area (Å²) in [6.07, 6.45) is 5.13. The lowest BCUT2D eigenvalue weighted by Crippen LogP contribution is -2.18. The van der Waals surface area contributed by atoms with Gasteiger partial charge in [0, 0.05) is 6.20 Å². The quantitative estimate of drug-likeness (QED) is 0.891. The Kier molecular flexibility index (Phi) is 3.38. The number of halogens is 1. The Morgan fingerprint density at radius 2 is 2.16 bits per heavy atom. The molecule has 1 aliphatic rings. The van der Waals surface area contributed by atoms with Crippen LogP contribution in [0, 0.1) is 0 Å². The SMILES string of the molecule is Nc1ncc(Br)c(NC2CCCc3ccccc32)n1. The highest BCUT2D eigenvalue weighted by Crippen LogP contribution is 2.33. The Morgan fingerprint density at radius 1 is 1.32 bits per heavy atom. The molecule has 3 rings (SSSR count). The van der Waals surface area contributed by atoms with Crippen LogP contribution in [0.2, 0.25) is 0 Å². The number of aromatic nitrogens is 2. The number of nitrogen functional groups attached to an aromatic ring is 1. The summed E-state index contributed by atoms with van der Waals surface area (Å²) in [5, 5.41) is 3.47. The highest BCUT2D eigenvalue weighted by atomic mass is 79.9. The molecule has 1 atom stereocenters. The Morgan fingerprint density at radius 3 is 3.05 bits per heavy atom. The molecule has 0 aliphatic heterocycles. The molecule has 0 bridgehead atoms. The first-order chi connectivity index (χ1) is 9.24. The van der Waals surface area contributed by atoms with Gasteiger partial charge in [-0.3, -0.25) is 0 Å². The van der Waals surface area contributed by atoms with Crippen LogP contribution in [0.15, 0.2) is 34.9 Å². The molecule has 0 saturated carbocycles. The molecule has 5 heteroatoms. The van der Waals surface area contributed by atoms with Gasteiger partial charge in [0.1, 0.15) is 5.82 Å². The molecule has 2 aromatic rings. The van der Waals surface area contributed by atoms with Crippen molar-refractivity contribution >= 4 is 27.7 Å². The van der Waals surface area contributed by atoms with Gasteiger partial charge in [0.25, 0.3) is 0 Å². The topological polar surface area (TPSA) is 63.8 Å². The Labute approximate surface area is 120 Å². The first-order valence-electron chi connectivity index (χ1n) is 6.36. The van der Waals surface area contributed by atoms with Gasteiger partial charge >= 0.3 is 0 Å². The van der Waals surface area contributed by atoms with E-state index in [4.69, 9.17) is 5.73 Å². The van der Waals surface area contributed by atoms with Crippen molar-refractivity contribution in [3.8, 4) is 0 Å². The van der Waals surface area contributed by atoms with Crippen LogP contribution in [0.25, 0.3) is 0 Å². The third kappa shape index (κ3) is 2.56. The number of hydrogen-bond acceptors (Lipinski definition) is 4. The van der Waals surface area contributed by atoms with Crippen LogP contribution in [0.5, 0.6) is 0 Å². The van der Waals surface area contributed by atoms with Crippen LogP contribution >= 0.6 is 15.9 Å². The minimum atomic E-state index is 0.287. The summed E-state index contributed by atoms with van der Waals surface area (Å²) < 4.78 is 0.838. The molecular weight excluding hydrogens is 304 g/mol. The zero-order chi connectivity index (χ0) is 13.2. The number of aryl methyl sites for hydroxylation is 1. The fraction of sp³-hybridized carbons (Fsp3) is 0.286. The van der Waals surface area contributed by atoms with E-state index < -0.39 is 0 Å². The summed E-state index contributed by atoms with van der Waals surface area (Å²) in [7, 11) is 0. The normalized spacial score (nSPS) is 17.8. The Balaban J connectivity index is 1.90. The van der Waals surface area contributed by atoms with Gasteiger partial charge in [-0.25, -0.2) is 4.98 Å². The van der Waals surface area contributed by atoms with Gasteiger partial charge < -0.3 is 11.1 Å². The third-order valence-corrected chi connectivity index (χ3v) is 4.02. The van der Waals surface area contributed by atoms with Crippen LogP contribution in [0.1, 0.15) is 30.0 Å². The lowest BCUT2D eigenvalue weighted by Gasteiger charge is -2.27. The van der Waals surface area contributed by atoms with Crippen molar-refractivity contribution in [1.29, 1.82) is 0 Å². The number of nitrogens with one attached hydrogen (secondary N) is 1. The molecule has 1 aromatic heterocycles. The van der Waals surface area contributed by atoms with Crippen LogP contribution in [-0.2, 0) is 6.42 Å². The molecule has 3 N–H and O–H groups in total. The average molecular weight is 319 g/mol. The third-order valence-electron chi connectivity index (χ3n) is 3.44. The maximum atomic E-state index is 5.64. The molecule has 0 fully saturated rings. The van der Waals surface area contributed by atoms with Crippen molar-refractivity contribution in [2.24, 2.45) is 0 Å². The fourth-order valence-electron chi connectivity index (χ4n) is 2.55. The number of hydrogen-bond donors (Lipinski definition) is 2. The summed E-state index contributed by atoms with van der Waals surface area (Å²) in [6.45, 7) is 0. The Bertz CT molecular complexity index is 600. The number of anilines is 2. The van der Waals surface area contributed by atoms with Gasteiger partial charge in [-0.15, -0.1) is 0 Å². The maximum absolute atomic E-state index is 5.64. The van der Waals surface area contributed by atoms with Crippen molar-refractivity contribution in [3.05, 3.63) is 46.1 Å². The molecule has 1 heterocycles. The second kappa shape index (κ2) is 5.17. The van der Waals surface area contributed by atoms with Crippen LogP contribution in [0.4, 0.5) is 11.8 Å². The van der Waals surface area contributed by atoms with Crippen LogP contribution in [0.3, 0.4) is 0 Å². The summed E-state index contributed by atoms with van der Waals surface area (Å²) in [6, 6.07) is 8.86. The molecule has 19 heavy (non-hydrogen) atoms.